The zero-order chi connectivity index (χ0) is 9.26. The number of carbonyl (C=O) groups excluding carboxylic acids is 1. The zero-order valence-electron chi connectivity index (χ0n) is 7.22. The maximum absolute atomic E-state index is 11.8. The lowest BCUT2D eigenvalue weighted by atomic mass is 10.4. The first kappa shape index (κ1) is 9.05. The topological polar surface area (TPSA) is 36.1 Å². The standard InChI is InChI=1S/C9H11IN2O/c10-7-5-8(11-6-7)9(13)12-3-1-2-4-12/h5-6,11H,1-4H2. The summed E-state index contributed by atoms with van der Waals surface area (Å²) >= 11 is 2.20. The minimum Gasteiger partial charge on any atom is -0.356 e. The molecule has 1 fully saturated rings. The Balaban J connectivity index is 2.12. The lowest BCUT2D eigenvalue weighted by molar-refractivity contribution is 0.0787. The summed E-state index contributed by atoms with van der Waals surface area (Å²) in [6.45, 7) is 1.82. The van der Waals surface area contributed by atoms with Crippen LogP contribution >= 0.6 is 22.6 Å². The Morgan fingerprint density at radius 2 is 2.15 bits per heavy atom. The molecule has 1 aromatic rings. The average molecular weight is 290 g/mol. The summed E-state index contributed by atoms with van der Waals surface area (Å²) < 4.78 is 1.08. The van der Waals surface area contributed by atoms with E-state index in [1.54, 1.807) is 0 Å². The van der Waals surface area contributed by atoms with Crippen molar-refractivity contribution >= 4 is 28.5 Å². The largest absolute Gasteiger partial charge is 0.356 e. The first-order chi connectivity index (χ1) is 6.27. The Labute approximate surface area is 90.6 Å². The van der Waals surface area contributed by atoms with Crippen LogP contribution in [0.5, 0.6) is 0 Å². The van der Waals surface area contributed by atoms with Crippen molar-refractivity contribution in [2.24, 2.45) is 0 Å². The number of aromatic nitrogens is 1. The Bertz CT molecular complexity index is 315. The van der Waals surface area contributed by atoms with Crippen LogP contribution in [-0.2, 0) is 0 Å². The summed E-state index contributed by atoms with van der Waals surface area (Å²) in [5.74, 6) is 0.139. The van der Waals surface area contributed by atoms with Crippen LogP contribution in [-0.4, -0.2) is 28.9 Å². The van der Waals surface area contributed by atoms with Crippen molar-refractivity contribution in [2.45, 2.75) is 12.8 Å². The fourth-order valence-electron chi connectivity index (χ4n) is 1.58. The van der Waals surface area contributed by atoms with Crippen molar-refractivity contribution in [1.82, 2.24) is 9.88 Å². The van der Waals surface area contributed by atoms with Crippen LogP contribution in [0.25, 0.3) is 0 Å². The van der Waals surface area contributed by atoms with Crippen LogP contribution in [0.15, 0.2) is 12.3 Å². The Kier molecular flexibility index (Phi) is 2.57. The molecule has 1 N–H and O–H groups in total. The molecule has 0 bridgehead atoms. The van der Waals surface area contributed by atoms with E-state index in [-0.39, 0.29) is 5.91 Å². The molecule has 0 unspecified atom stereocenters. The molecule has 4 heteroatoms. The van der Waals surface area contributed by atoms with Crippen molar-refractivity contribution in [1.29, 1.82) is 0 Å². The molecule has 70 valence electrons. The van der Waals surface area contributed by atoms with Crippen molar-refractivity contribution in [3.8, 4) is 0 Å². The molecule has 1 amide bonds. The molecule has 0 aromatic carbocycles. The van der Waals surface area contributed by atoms with Gasteiger partial charge < -0.3 is 9.88 Å². The zero-order valence-corrected chi connectivity index (χ0v) is 9.37. The Hall–Kier alpha value is -0.520. The summed E-state index contributed by atoms with van der Waals surface area (Å²) in [6, 6.07) is 1.89. The van der Waals surface area contributed by atoms with Crippen LogP contribution in [0.4, 0.5) is 0 Å². The monoisotopic (exact) mass is 290 g/mol. The van der Waals surface area contributed by atoms with Crippen LogP contribution in [0, 0.1) is 3.57 Å². The van der Waals surface area contributed by atoms with Gasteiger partial charge in [0.2, 0.25) is 0 Å². The van der Waals surface area contributed by atoms with E-state index in [2.05, 4.69) is 27.6 Å². The molecule has 0 spiro atoms. The van der Waals surface area contributed by atoms with Gasteiger partial charge in [0.15, 0.2) is 0 Å². The van der Waals surface area contributed by atoms with Gasteiger partial charge in [-0.25, -0.2) is 0 Å². The Morgan fingerprint density at radius 1 is 1.46 bits per heavy atom. The molecule has 1 aromatic heterocycles. The van der Waals surface area contributed by atoms with Gasteiger partial charge in [-0.15, -0.1) is 0 Å². The number of halogens is 1. The number of nitrogens with zero attached hydrogens (tertiary/aromatic N) is 1. The number of H-pyrrole nitrogens is 1. The third-order valence-corrected chi connectivity index (χ3v) is 2.89. The van der Waals surface area contributed by atoms with E-state index in [1.807, 2.05) is 17.2 Å². The average Bonchev–Trinajstić information content (AvgIpc) is 2.72. The minimum atomic E-state index is 0.139. The van der Waals surface area contributed by atoms with Gasteiger partial charge >= 0.3 is 0 Å². The van der Waals surface area contributed by atoms with E-state index in [0.717, 1.165) is 29.5 Å². The highest BCUT2D eigenvalue weighted by molar-refractivity contribution is 14.1. The molecule has 0 aliphatic carbocycles. The summed E-state index contributed by atoms with van der Waals surface area (Å²) in [7, 11) is 0. The summed E-state index contributed by atoms with van der Waals surface area (Å²) in [5, 5.41) is 0. The van der Waals surface area contributed by atoms with E-state index in [4.69, 9.17) is 0 Å². The highest BCUT2D eigenvalue weighted by Crippen LogP contribution is 2.13. The fourth-order valence-corrected chi connectivity index (χ4v) is 2.05. The van der Waals surface area contributed by atoms with Gasteiger partial charge in [0.25, 0.3) is 5.91 Å². The van der Waals surface area contributed by atoms with Gasteiger partial charge in [0, 0.05) is 22.9 Å². The molecule has 13 heavy (non-hydrogen) atoms. The number of hydrogen-bond donors (Lipinski definition) is 1. The second-order valence-electron chi connectivity index (χ2n) is 3.23. The smallest absolute Gasteiger partial charge is 0.270 e. The highest BCUT2D eigenvalue weighted by atomic mass is 127. The van der Waals surface area contributed by atoms with Gasteiger partial charge in [-0.05, 0) is 41.5 Å². The van der Waals surface area contributed by atoms with E-state index in [9.17, 15) is 4.79 Å². The predicted molar refractivity (Wildman–Crippen MR) is 58.6 cm³/mol. The van der Waals surface area contributed by atoms with Gasteiger partial charge in [-0.1, -0.05) is 0 Å². The van der Waals surface area contributed by atoms with E-state index < -0.39 is 0 Å². The molecule has 2 heterocycles. The first-order valence-corrected chi connectivity index (χ1v) is 5.48. The molecule has 3 nitrogen and oxygen atoms in total. The second-order valence-corrected chi connectivity index (χ2v) is 4.48. The number of carbonyl (C=O) groups is 1. The van der Waals surface area contributed by atoms with Gasteiger partial charge in [-0.3, -0.25) is 4.79 Å². The van der Waals surface area contributed by atoms with Gasteiger partial charge in [-0.2, -0.15) is 0 Å². The molecule has 1 aliphatic heterocycles. The summed E-state index contributed by atoms with van der Waals surface area (Å²) in [5.41, 5.74) is 0.714. The third-order valence-electron chi connectivity index (χ3n) is 2.27. The number of likely N-dealkylation sites (tertiary alicyclic amines) is 1. The number of nitrogens with one attached hydrogen (secondary N) is 1. The molecule has 1 aliphatic rings. The fraction of sp³-hybridized carbons (Fsp3) is 0.444. The van der Waals surface area contributed by atoms with E-state index >= 15 is 0 Å². The van der Waals surface area contributed by atoms with Crippen molar-refractivity contribution in [2.75, 3.05) is 13.1 Å². The quantitative estimate of drug-likeness (QED) is 0.787. The molecule has 1 saturated heterocycles. The number of amides is 1. The van der Waals surface area contributed by atoms with Crippen molar-refractivity contribution < 1.29 is 4.79 Å². The molecular formula is C9H11IN2O. The maximum Gasteiger partial charge on any atom is 0.270 e. The molecule has 2 rings (SSSR count). The number of rotatable bonds is 1. The lowest BCUT2D eigenvalue weighted by Crippen LogP contribution is -2.27. The third kappa shape index (κ3) is 1.87. The van der Waals surface area contributed by atoms with E-state index in [0.29, 0.717) is 5.69 Å². The summed E-state index contributed by atoms with van der Waals surface area (Å²) in [4.78, 5) is 16.6. The predicted octanol–water partition coefficient (Wildman–Crippen LogP) is 1.86. The van der Waals surface area contributed by atoms with Crippen LogP contribution in [0.3, 0.4) is 0 Å². The lowest BCUT2D eigenvalue weighted by Gasteiger charge is -2.13. The van der Waals surface area contributed by atoms with Crippen molar-refractivity contribution in [3.63, 3.8) is 0 Å². The molecule has 0 saturated carbocycles. The van der Waals surface area contributed by atoms with E-state index in [1.165, 1.54) is 0 Å². The van der Waals surface area contributed by atoms with Gasteiger partial charge in [0.05, 0.1) is 0 Å². The van der Waals surface area contributed by atoms with Crippen LogP contribution < -0.4 is 0 Å². The first-order valence-electron chi connectivity index (χ1n) is 4.40. The maximum atomic E-state index is 11.8. The molecule has 0 atom stereocenters. The van der Waals surface area contributed by atoms with Crippen molar-refractivity contribution in [3.05, 3.63) is 21.5 Å². The number of hydrogen-bond acceptors (Lipinski definition) is 1. The highest BCUT2D eigenvalue weighted by Gasteiger charge is 2.20. The van der Waals surface area contributed by atoms with Crippen LogP contribution in [0.2, 0.25) is 0 Å². The Morgan fingerprint density at radius 3 is 2.69 bits per heavy atom. The van der Waals surface area contributed by atoms with Gasteiger partial charge in [0.1, 0.15) is 5.69 Å². The minimum absolute atomic E-state index is 0.139. The second kappa shape index (κ2) is 3.69. The SMILES string of the molecule is O=C(c1cc(I)c[nH]1)N1CCCC1. The molecule has 0 radical (unpaired) electrons. The number of aromatic amines is 1. The molecular weight excluding hydrogens is 279 g/mol. The van der Waals surface area contributed by atoms with Crippen LogP contribution in [0.1, 0.15) is 23.3 Å². The summed E-state index contributed by atoms with van der Waals surface area (Å²) in [6.07, 6.45) is 4.14. The normalized spacial score (nSPS) is 16.5.